The molecule has 1 N–H and O–H groups in total. The van der Waals surface area contributed by atoms with E-state index in [1.165, 1.54) is 0 Å². The Bertz CT molecular complexity index is 243. The number of unbranched alkanes of at least 4 members (excludes halogenated alkanes) is 3. The van der Waals surface area contributed by atoms with Crippen LogP contribution in [0, 0.1) is 0 Å². The van der Waals surface area contributed by atoms with E-state index in [1.54, 1.807) is 0 Å². The van der Waals surface area contributed by atoms with Gasteiger partial charge in [0.05, 0.1) is 13.2 Å². The summed E-state index contributed by atoms with van der Waals surface area (Å²) in [5.74, 6) is 0.565. The van der Waals surface area contributed by atoms with Crippen molar-refractivity contribution in [2.75, 3.05) is 26.4 Å². The molecule has 0 radical (unpaired) electrons. The van der Waals surface area contributed by atoms with Gasteiger partial charge in [-0.2, -0.15) is 0 Å². The molecule has 0 saturated heterocycles. The Hall–Kier alpha value is -0.580. The topological polar surface area (TPSA) is 47.9 Å². The monoisotopic (exact) mass is 302 g/mol. The Morgan fingerprint density at radius 3 is 1.95 bits per heavy atom. The zero-order chi connectivity index (χ0) is 15.9. The highest BCUT2D eigenvalue weighted by atomic mass is 16.6. The Kier molecular flexibility index (Phi) is 14.0. The van der Waals surface area contributed by atoms with Crippen LogP contribution in [-0.2, 0) is 14.2 Å². The molecule has 2 unspecified atom stereocenters. The first kappa shape index (κ1) is 20.4. The van der Waals surface area contributed by atoms with Gasteiger partial charge in [-0.3, -0.25) is 0 Å². The summed E-state index contributed by atoms with van der Waals surface area (Å²) in [7, 11) is 0. The molecule has 0 amide bonds. The van der Waals surface area contributed by atoms with Gasteiger partial charge < -0.3 is 19.3 Å². The van der Waals surface area contributed by atoms with Crippen LogP contribution in [0.4, 0.5) is 0 Å². The molecule has 0 aromatic rings. The molecule has 0 aliphatic carbocycles. The van der Waals surface area contributed by atoms with Crippen LogP contribution < -0.4 is 0 Å². The van der Waals surface area contributed by atoms with Gasteiger partial charge in [-0.05, 0) is 19.3 Å². The molecule has 4 nitrogen and oxygen atoms in total. The van der Waals surface area contributed by atoms with Crippen LogP contribution in [0.1, 0.15) is 59.3 Å². The molecule has 2 atom stereocenters. The Morgan fingerprint density at radius 2 is 1.43 bits per heavy atom. The van der Waals surface area contributed by atoms with E-state index < -0.39 is 12.2 Å². The lowest BCUT2D eigenvalue weighted by atomic mass is 10.1. The molecule has 21 heavy (non-hydrogen) atoms. The molecule has 0 aromatic carbocycles. The van der Waals surface area contributed by atoms with E-state index in [0.29, 0.717) is 25.6 Å². The predicted molar refractivity (Wildman–Crippen MR) is 86.4 cm³/mol. The van der Waals surface area contributed by atoms with E-state index in [-0.39, 0.29) is 6.61 Å². The molecule has 126 valence electrons. The van der Waals surface area contributed by atoms with Crippen LogP contribution in [0.2, 0.25) is 0 Å². The molecule has 4 heteroatoms. The molecule has 0 bridgehead atoms. The highest BCUT2D eigenvalue weighted by molar-refractivity contribution is 4.97. The van der Waals surface area contributed by atoms with Gasteiger partial charge in [0.2, 0.25) is 0 Å². The maximum atomic E-state index is 9.57. The lowest BCUT2D eigenvalue weighted by Crippen LogP contribution is -2.37. The quantitative estimate of drug-likeness (QED) is 0.370. The summed E-state index contributed by atoms with van der Waals surface area (Å²) in [4.78, 5) is 0. The molecule has 0 aliphatic heterocycles. The smallest absolute Gasteiger partial charge is 0.142 e. The zero-order valence-electron chi connectivity index (χ0n) is 14.1. The predicted octanol–water partition coefficient (Wildman–Crippen LogP) is 3.68. The number of hydrogen-bond acceptors (Lipinski definition) is 4. The van der Waals surface area contributed by atoms with Crippen LogP contribution >= 0.6 is 0 Å². The minimum absolute atomic E-state index is 0.0866. The summed E-state index contributed by atoms with van der Waals surface area (Å²) in [6.45, 7) is 12.1. The molecule has 0 rings (SSSR count). The van der Waals surface area contributed by atoms with E-state index >= 15 is 0 Å². The Morgan fingerprint density at radius 1 is 0.905 bits per heavy atom. The second-order valence-electron chi connectivity index (χ2n) is 5.26. The maximum absolute atomic E-state index is 9.57. The van der Waals surface area contributed by atoms with Crippen LogP contribution in [0.5, 0.6) is 0 Å². The van der Waals surface area contributed by atoms with Gasteiger partial charge in [-0.25, -0.2) is 0 Å². The SMILES string of the molecule is C=C(OCCCC)C(OCCCC)C(CO)OCCCC. The molecule has 0 spiro atoms. The fourth-order valence-corrected chi connectivity index (χ4v) is 1.81. The number of ether oxygens (including phenoxy) is 3. The van der Waals surface area contributed by atoms with Crippen molar-refractivity contribution in [2.45, 2.75) is 71.5 Å². The Balaban J connectivity index is 4.46. The molecule has 0 heterocycles. The number of aliphatic hydroxyl groups excluding tert-OH is 1. The summed E-state index contributed by atoms with van der Waals surface area (Å²) >= 11 is 0. The van der Waals surface area contributed by atoms with Crippen molar-refractivity contribution in [3.63, 3.8) is 0 Å². The van der Waals surface area contributed by atoms with Gasteiger partial charge in [0.15, 0.2) is 0 Å². The minimum atomic E-state index is -0.400. The lowest BCUT2D eigenvalue weighted by molar-refractivity contribution is -0.0959. The second kappa shape index (κ2) is 14.4. The summed E-state index contributed by atoms with van der Waals surface area (Å²) in [5, 5.41) is 9.57. The molecule has 0 saturated carbocycles. The molecular formula is C17H34O4. The first-order valence-corrected chi connectivity index (χ1v) is 8.36. The van der Waals surface area contributed by atoms with Crippen LogP contribution in [0.25, 0.3) is 0 Å². The molecule has 0 fully saturated rings. The largest absolute Gasteiger partial charge is 0.496 e. The summed E-state index contributed by atoms with van der Waals surface area (Å²) < 4.78 is 17.2. The highest BCUT2D eigenvalue weighted by Gasteiger charge is 2.26. The highest BCUT2D eigenvalue weighted by Crippen LogP contribution is 2.16. The first-order valence-electron chi connectivity index (χ1n) is 8.36. The standard InChI is InChI=1S/C17H34O4/c1-5-8-11-19-15(4)17(21-13-10-7-3)16(14-18)20-12-9-6-2/h16-18H,4-14H2,1-3H3. The summed E-state index contributed by atoms with van der Waals surface area (Å²) in [6, 6.07) is 0. The van der Waals surface area contributed by atoms with Crippen LogP contribution in [-0.4, -0.2) is 43.7 Å². The Labute approximate surface area is 130 Å². The van der Waals surface area contributed by atoms with Crippen molar-refractivity contribution in [1.82, 2.24) is 0 Å². The molecule has 0 aromatic heterocycles. The van der Waals surface area contributed by atoms with Gasteiger partial charge in [-0.1, -0.05) is 46.6 Å². The van der Waals surface area contributed by atoms with Crippen molar-refractivity contribution in [1.29, 1.82) is 0 Å². The van der Waals surface area contributed by atoms with Gasteiger partial charge in [0.25, 0.3) is 0 Å². The van der Waals surface area contributed by atoms with Crippen molar-refractivity contribution in [2.24, 2.45) is 0 Å². The van der Waals surface area contributed by atoms with E-state index in [1.807, 2.05) is 0 Å². The van der Waals surface area contributed by atoms with Crippen molar-refractivity contribution in [3.8, 4) is 0 Å². The fraction of sp³-hybridized carbons (Fsp3) is 0.882. The molecule has 0 aliphatic rings. The lowest BCUT2D eigenvalue weighted by Gasteiger charge is -2.27. The van der Waals surface area contributed by atoms with Crippen LogP contribution in [0.15, 0.2) is 12.3 Å². The second-order valence-corrected chi connectivity index (χ2v) is 5.26. The fourth-order valence-electron chi connectivity index (χ4n) is 1.81. The van der Waals surface area contributed by atoms with Gasteiger partial charge in [-0.15, -0.1) is 0 Å². The minimum Gasteiger partial charge on any atom is -0.496 e. The average molecular weight is 302 g/mol. The van der Waals surface area contributed by atoms with Gasteiger partial charge >= 0.3 is 0 Å². The summed E-state index contributed by atoms with van der Waals surface area (Å²) in [5.41, 5.74) is 0. The summed E-state index contributed by atoms with van der Waals surface area (Å²) in [6.07, 6.45) is 5.35. The molecular weight excluding hydrogens is 268 g/mol. The maximum Gasteiger partial charge on any atom is 0.142 e. The average Bonchev–Trinajstić information content (AvgIpc) is 2.49. The number of hydrogen-bond donors (Lipinski definition) is 1. The van der Waals surface area contributed by atoms with Crippen molar-refractivity contribution >= 4 is 0 Å². The zero-order valence-corrected chi connectivity index (χ0v) is 14.1. The van der Waals surface area contributed by atoms with E-state index in [2.05, 4.69) is 27.4 Å². The third kappa shape index (κ3) is 9.88. The number of rotatable bonds is 15. The number of aliphatic hydroxyl groups is 1. The van der Waals surface area contributed by atoms with E-state index in [0.717, 1.165) is 38.5 Å². The van der Waals surface area contributed by atoms with E-state index in [4.69, 9.17) is 14.2 Å². The third-order valence-electron chi connectivity index (χ3n) is 3.25. The van der Waals surface area contributed by atoms with Gasteiger partial charge in [0, 0.05) is 13.2 Å². The van der Waals surface area contributed by atoms with Crippen molar-refractivity contribution in [3.05, 3.63) is 12.3 Å². The normalized spacial score (nSPS) is 13.9. The van der Waals surface area contributed by atoms with Crippen molar-refractivity contribution < 1.29 is 19.3 Å². The van der Waals surface area contributed by atoms with Gasteiger partial charge in [0.1, 0.15) is 18.0 Å². The first-order chi connectivity index (χ1) is 10.2. The van der Waals surface area contributed by atoms with Crippen LogP contribution in [0.3, 0.4) is 0 Å². The third-order valence-corrected chi connectivity index (χ3v) is 3.25. The van der Waals surface area contributed by atoms with E-state index in [9.17, 15) is 5.11 Å².